The number of ether oxygens (including phenoxy) is 3. The second-order valence-corrected chi connectivity index (χ2v) is 4.76. The van der Waals surface area contributed by atoms with Gasteiger partial charge in [0.05, 0.1) is 26.2 Å². The fourth-order valence-electron chi connectivity index (χ4n) is 2.07. The highest BCUT2D eigenvalue weighted by molar-refractivity contribution is 5.83. The molecule has 6 nitrogen and oxygen atoms in total. The van der Waals surface area contributed by atoms with Gasteiger partial charge in [0.25, 0.3) is 5.91 Å². The lowest BCUT2D eigenvalue weighted by Crippen LogP contribution is -2.22. The lowest BCUT2D eigenvalue weighted by Gasteiger charge is -2.07. The molecule has 1 N–H and O–H groups in total. The number of methoxy groups -OCH3 is 2. The highest BCUT2D eigenvalue weighted by Crippen LogP contribution is 2.26. The van der Waals surface area contributed by atoms with Crippen molar-refractivity contribution >= 4 is 12.1 Å². The Bertz CT molecular complexity index is 582. The zero-order valence-corrected chi connectivity index (χ0v) is 12.8. The van der Waals surface area contributed by atoms with E-state index in [4.69, 9.17) is 14.2 Å². The number of benzene rings is 1. The van der Waals surface area contributed by atoms with Crippen LogP contribution >= 0.6 is 0 Å². The van der Waals surface area contributed by atoms with Gasteiger partial charge < -0.3 is 14.2 Å². The lowest BCUT2D eigenvalue weighted by atomic mass is 10.2. The average molecular weight is 304 g/mol. The number of hydrogen-bond donors (Lipinski definition) is 1. The topological polar surface area (TPSA) is 69.2 Å². The zero-order chi connectivity index (χ0) is 15.8. The van der Waals surface area contributed by atoms with Crippen LogP contribution in [0.25, 0.3) is 0 Å². The molecule has 1 amide bonds. The molecule has 0 bridgehead atoms. The smallest absolute Gasteiger partial charge is 0.277 e. The standard InChI is InChI=1S/C16H20N2O4/c1-20-14-8-7-12(9-15(14)21-2)10-17-18-16(19)11-22-13-5-3-4-6-13/h5,7-10H,3-4,6,11H2,1-2H3,(H,18,19)/b17-10+. The Morgan fingerprint density at radius 3 is 2.82 bits per heavy atom. The third kappa shape index (κ3) is 4.51. The summed E-state index contributed by atoms with van der Waals surface area (Å²) in [6, 6.07) is 5.36. The normalized spacial score (nSPS) is 13.8. The quantitative estimate of drug-likeness (QED) is 0.619. The van der Waals surface area contributed by atoms with Gasteiger partial charge in [-0.3, -0.25) is 4.79 Å². The number of hydrogen-bond acceptors (Lipinski definition) is 5. The highest BCUT2D eigenvalue weighted by atomic mass is 16.5. The second kappa shape index (κ2) is 8.07. The monoisotopic (exact) mass is 304 g/mol. The summed E-state index contributed by atoms with van der Waals surface area (Å²) in [7, 11) is 3.14. The van der Waals surface area contributed by atoms with Crippen molar-refractivity contribution in [2.75, 3.05) is 20.8 Å². The van der Waals surface area contributed by atoms with E-state index in [-0.39, 0.29) is 12.5 Å². The summed E-state index contributed by atoms with van der Waals surface area (Å²) < 4.78 is 15.7. The van der Waals surface area contributed by atoms with Crippen molar-refractivity contribution in [3.63, 3.8) is 0 Å². The molecule has 0 heterocycles. The molecule has 0 radical (unpaired) electrons. The van der Waals surface area contributed by atoms with E-state index in [1.54, 1.807) is 26.4 Å². The minimum atomic E-state index is -0.287. The molecular weight excluding hydrogens is 284 g/mol. The fraction of sp³-hybridized carbons (Fsp3) is 0.375. The molecule has 0 aliphatic heterocycles. The molecule has 6 heteroatoms. The molecule has 22 heavy (non-hydrogen) atoms. The fourth-order valence-corrected chi connectivity index (χ4v) is 2.07. The molecule has 0 saturated heterocycles. The molecule has 1 aromatic carbocycles. The van der Waals surface area contributed by atoms with Crippen LogP contribution in [0.1, 0.15) is 24.8 Å². The van der Waals surface area contributed by atoms with Crippen LogP contribution in [0.4, 0.5) is 0 Å². The number of hydrazone groups is 1. The zero-order valence-electron chi connectivity index (χ0n) is 12.8. The maximum Gasteiger partial charge on any atom is 0.277 e. The third-order valence-corrected chi connectivity index (χ3v) is 3.20. The molecule has 2 rings (SSSR count). The molecule has 0 atom stereocenters. The molecule has 0 spiro atoms. The second-order valence-electron chi connectivity index (χ2n) is 4.76. The van der Waals surface area contributed by atoms with E-state index in [0.29, 0.717) is 11.5 Å². The van der Waals surface area contributed by atoms with Crippen LogP contribution in [0.2, 0.25) is 0 Å². The molecule has 0 saturated carbocycles. The van der Waals surface area contributed by atoms with Gasteiger partial charge in [-0.15, -0.1) is 0 Å². The number of rotatable bonds is 7. The predicted octanol–water partition coefficient (Wildman–Crippen LogP) is 2.24. The number of carbonyl (C=O) groups is 1. The largest absolute Gasteiger partial charge is 0.493 e. The molecule has 0 unspecified atom stereocenters. The van der Waals surface area contributed by atoms with Gasteiger partial charge in [0.2, 0.25) is 0 Å². The molecule has 1 aliphatic rings. The Labute approximate surface area is 129 Å². The van der Waals surface area contributed by atoms with E-state index < -0.39 is 0 Å². The van der Waals surface area contributed by atoms with Crippen molar-refractivity contribution in [1.29, 1.82) is 0 Å². The van der Waals surface area contributed by atoms with Crippen molar-refractivity contribution in [3.05, 3.63) is 35.6 Å². The number of nitrogens with one attached hydrogen (secondary N) is 1. The van der Waals surface area contributed by atoms with Gasteiger partial charge in [-0.05, 0) is 42.7 Å². The summed E-state index contributed by atoms with van der Waals surface area (Å²) in [4.78, 5) is 11.6. The number of amides is 1. The molecule has 118 valence electrons. The van der Waals surface area contributed by atoms with Gasteiger partial charge in [0, 0.05) is 6.42 Å². The summed E-state index contributed by atoms with van der Waals surface area (Å²) in [5.74, 6) is 1.85. The van der Waals surface area contributed by atoms with E-state index >= 15 is 0 Å². The van der Waals surface area contributed by atoms with E-state index in [0.717, 1.165) is 30.6 Å². The first kappa shape index (κ1) is 15.9. The van der Waals surface area contributed by atoms with Gasteiger partial charge in [-0.2, -0.15) is 5.10 Å². The van der Waals surface area contributed by atoms with Crippen LogP contribution in [0, 0.1) is 0 Å². The van der Waals surface area contributed by atoms with Crippen molar-refractivity contribution in [1.82, 2.24) is 5.43 Å². The van der Waals surface area contributed by atoms with Crippen LogP contribution in [-0.2, 0) is 9.53 Å². The lowest BCUT2D eigenvalue weighted by molar-refractivity contribution is -0.124. The molecular formula is C16H20N2O4. The molecule has 0 fully saturated rings. The Morgan fingerprint density at radius 2 is 2.14 bits per heavy atom. The van der Waals surface area contributed by atoms with Crippen LogP contribution in [0.15, 0.2) is 35.1 Å². The van der Waals surface area contributed by atoms with Gasteiger partial charge in [0.1, 0.15) is 0 Å². The Hall–Kier alpha value is -2.50. The van der Waals surface area contributed by atoms with E-state index in [1.807, 2.05) is 12.1 Å². The van der Waals surface area contributed by atoms with Crippen LogP contribution in [-0.4, -0.2) is 32.9 Å². The summed E-state index contributed by atoms with van der Waals surface area (Å²) in [5.41, 5.74) is 3.22. The summed E-state index contributed by atoms with van der Waals surface area (Å²) in [6.07, 6.45) is 6.57. The van der Waals surface area contributed by atoms with Gasteiger partial charge in [-0.25, -0.2) is 5.43 Å². The van der Waals surface area contributed by atoms with Crippen molar-refractivity contribution in [3.8, 4) is 11.5 Å². The maximum absolute atomic E-state index is 11.6. The first-order valence-corrected chi connectivity index (χ1v) is 7.08. The van der Waals surface area contributed by atoms with Crippen LogP contribution in [0.5, 0.6) is 11.5 Å². The summed E-state index contributed by atoms with van der Waals surface area (Å²) in [5, 5.41) is 3.90. The Balaban J connectivity index is 1.82. The molecule has 1 aromatic rings. The van der Waals surface area contributed by atoms with E-state index in [2.05, 4.69) is 10.5 Å². The minimum Gasteiger partial charge on any atom is -0.493 e. The van der Waals surface area contributed by atoms with Gasteiger partial charge in [0.15, 0.2) is 18.1 Å². The summed E-state index contributed by atoms with van der Waals surface area (Å²) in [6.45, 7) is -0.0187. The Morgan fingerprint density at radius 1 is 1.32 bits per heavy atom. The maximum atomic E-state index is 11.6. The van der Waals surface area contributed by atoms with E-state index in [9.17, 15) is 4.79 Å². The average Bonchev–Trinajstić information content (AvgIpc) is 3.06. The van der Waals surface area contributed by atoms with Crippen LogP contribution in [0.3, 0.4) is 0 Å². The number of allylic oxidation sites excluding steroid dienone is 2. The number of carbonyl (C=O) groups excluding carboxylic acids is 1. The van der Waals surface area contributed by atoms with E-state index in [1.165, 1.54) is 6.21 Å². The van der Waals surface area contributed by atoms with Gasteiger partial charge in [-0.1, -0.05) is 0 Å². The predicted molar refractivity (Wildman–Crippen MR) is 83.2 cm³/mol. The van der Waals surface area contributed by atoms with Crippen molar-refractivity contribution in [2.24, 2.45) is 5.10 Å². The minimum absolute atomic E-state index is 0.0187. The SMILES string of the molecule is COc1ccc(/C=N/NC(=O)COC2=CCCC2)cc1OC. The van der Waals surface area contributed by atoms with Crippen molar-refractivity contribution < 1.29 is 19.0 Å². The van der Waals surface area contributed by atoms with Crippen LogP contribution < -0.4 is 14.9 Å². The first-order chi connectivity index (χ1) is 10.7. The molecule has 0 aromatic heterocycles. The van der Waals surface area contributed by atoms with Gasteiger partial charge >= 0.3 is 0 Å². The number of nitrogens with zero attached hydrogens (tertiary/aromatic N) is 1. The first-order valence-electron chi connectivity index (χ1n) is 7.08. The van der Waals surface area contributed by atoms with Crippen molar-refractivity contribution in [2.45, 2.75) is 19.3 Å². The summed E-state index contributed by atoms with van der Waals surface area (Å²) >= 11 is 0. The highest BCUT2D eigenvalue weighted by Gasteiger charge is 2.08. The molecule has 1 aliphatic carbocycles. The Kier molecular flexibility index (Phi) is 5.82. The third-order valence-electron chi connectivity index (χ3n) is 3.20.